The van der Waals surface area contributed by atoms with Gasteiger partial charge in [0.05, 0.1) is 5.25 Å². The Kier molecular flexibility index (Phi) is 6.19. The van der Waals surface area contributed by atoms with E-state index in [-0.39, 0.29) is 11.2 Å². The first kappa shape index (κ1) is 18.8. The van der Waals surface area contributed by atoms with Crippen molar-refractivity contribution in [1.29, 1.82) is 0 Å². The molecule has 0 unspecified atom stereocenters. The number of amides is 1. The summed E-state index contributed by atoms with van der Waals surface area (Å²) in [4.78, 5) is 12.5. The molecule has 3 N–H and O–H groups in total. The van der Waals surface area contributed by atoms with Crippen molar-refractivity contribution in [2.24, 2.45) is 0 Å². The Morgan fingerprint density at radius 1 is 1.27 bits per heavy atom. The van der Waals surface area contributed by atoms with Crippen LogP contribution in [0.1, 0.15) is 63.3 Å². The van der Waals surface area contributed by atoms with Crippen molar-refractivity contribution in [2.75, 3.05) is 11.2 Å². The number of carbonyl (C=O) groups excluding carboxylic acids is 1. The van der Waals surface area contributed by atoms with E-state index in [2.05, 4.69) is 22.4 Å². The van der Waals surface area contributed by atoms with Crippen molar-refractivity contribution in [3.8, 4) is 0 Å². The fourth-order valence-corrected chi connectivity index (χ4v) is 4.06. The summed E-state index contributed by atoms with van der Waals surface area (Å²) in [6.45, 7) is 3.96. The van der Waals surface area contributed by atoms with Crippen LogP contribution in [0.2, 0.25) is 0 Å². The Hall–Kier alpha value is -2.02. The van der Waals surface area contributed by atoms with Crippen LogP contribution < -0.4 is 11.2 Å². The highest BCUT2D eigenvalue weighted by Crippen LogP contribution is 2.32. The summed E-state index contributed by atoms with van der Waals surface area (Å²) in [6.07, 6.45) is 6.93. The predicted molar refractivity (Wildman–Crippen MR) is 106 cm³/mol. The third-order valence-electron chi connectivity index (χ3n) is 4.94. The number of aromatic nitrogens is 3. The van der Waals surface area contributed by atoms with Crippen LogP contribution in [-0.4, -0.2) is 26.0 Å². The van der Waals surface area contributed by atoms with E-state index in [1.807, 2.05) is 31.2 Å². The van der Waals surface area contributed by atoms with E-state index in [1.165, 1.54) is 36.6 Å². The summed E-state index contributed by atoms with van der Waals surface area (Å²) in [5.74, 6) is 7.37. The van der Waals surface area contributed by atoms with Gasteiger partial charge in [0.1, 0.15) is 0 Å². The molecule has 3 rings (SSSR count). The number of nitrogens with one attached hydrogen (secondary N) is 1. The maximum Gasteiger partial charge on any atom is 0.237 e. The Balaban J connectivity index is 1.60. The molecule has 1 aromatic heterocycles. The quantitative estimate of drug-likeness (QED) is 0.595. The van der Waals surface area contributed by atoms with Gasteiger partial charge >= 0.3 is 0 Å². The minimum atomic E-state index is -0.313. The van der Waals surface area contributed by atoms with Gasteiger partial charge in [0.25, 0.3) is 0 Å². The first-order chi connectivity index (χ1) is 12.6. The summed E-state index contributed by atoms with van der Waals surface area (Å²) in [6, 6.07) is 7.92. The molecule has 0 bridgehead atoms. The van der Waals surface area contributed by atoms with Crippen LogP contribution in [0.3, 0.4) is 0 Å². The molecule has 0 spiro atoms. The van der Waals surface area contributed by atoms with Gasteiger partial charge in [0.2, 0.25) is 11.1 Å². The first-order valence-corrected chi connectivity index (χ1v) is 10.2. The SMILES string of the molecule is CCc1ccc(NC(=O)[C@@H](C)Sc2nnc(C3CCCCC3)n2N)cc1. The lowest BCUT2D eigenvalue weighted by Gasteiger charge is -2.20. The van der Waals surface area contributed by atoms with Gasteiger partial charge in [-0.15, -0.1) is 10.2 Å². The van der Waals surface area contributed by atoms with Crippen LogP contribution >= 0.6 is 11.8 Å². The second-order valence-electron chi connectivity index (χ2n) is 6.85. The molecule has 1 saturated carbocycles. The van der Waals surface area contributed by atoms with Crippen molar-refractivity contribution in [3.05, 3.63) is 35.7 Å². The highest BCUT2D eigenvalue weighted by Gasteiger charge is 2.24. The number of benzene rings is 1. The highest BCUT2D eigenvalue weighted by atomic mass is 32.2. The maximum absolute atomic E-state index is 12.5. The van der Waals surface area contributed by atoms with Gasteiger partial charge in [-0.05, 0) is 43.9 Å². The van der Waals surface area contributed by atoms with Crippen molar-refractivity contribution < 1.29 is 4.79 Å². The fraction of sp³-hybridized carbons (Fsp3) is 0.526. The number of carbonyl (C=O) groups is 1. The molecule has 140 valence electrons. The first-order valence-electron chi connectivity index (χ1n) is 9.35. The summed E-state index contributed by atoms with van der Waals surface area (Å²) in [7, 11) is 0. The van der Waals surface area contributed by atoms with Gasteiger partial charge in [0, 0.05) is 11.6 Å². The zero-order valence-electron chi connectivity index (χ0n) is 15.4. The van der Waals surface area contributed by atoms with Gasteiger partial charge in [-0.2, -0.15) is 0 Å². The number of thioether (sulfide) groups is 1. The number of anilines is 1. The second kappa shape index (κ2) is 8.58. The zero-order chi connectivity index (χ0) is 18.5. The average molecular weight is 374 g/mol. The standard InChI is InChI=1S/C19H27N5OS/c1-3-14-9-11-16(12-10-14)21-18(25)13(2)26-19-23-22-17(24(19)20)15-7-5-4-6-8-15/h9-13,15H,3-8,20H2,1-2H3,(H,21,25)/t13-/m1/s1. The Bertz CT molecular complexity index is 737. The van der Waals surface area contributed by atoms with Crippen LogP contribution in [0.4, 0.5) is 5.69 Å². The number of rotatable bonds is 6. The normalized spacial score (nSPS) is 16.4. The molecular weight excluding hydrogens is 346 g/mol. The molecule has 26 heavy (non-hydrogen) atoms. The molecule has 6 nitrogen and oxygen atoms in total. The van der Waals surface area contributed by atoms with Gasteiger partial charge < -0.3 is 11.2 Å². The molecule has 0 aliphatic heterocycles. The minimum Gasteiger partial charge on any atom is -0.336 e. The van der Waals surface area contributed by atoms with Gasteiger partial charge in [0.15, 0.2) is 5.82 Å². The molecule has 0 radical (unpaired) electrons. The smallest absolute Gasteiger partial charge is 0.237 e. The molecule has 1 heterocycles. The Labute approximate surface area is 158 Å². The lowest BCUT2D eigenvalue weighted by molar-refractivity contribution is -0.115. The minimum absolute atomic E-state index is 0.0681. The molecule has 1 atom stereocenters. The number of hydrogen-bond acceptors (Lipinski definition) is 5. The third kappa shape index (κ3) is 4.38. The van der Waals surface area contributed by atoms with Crippen LogP contribution in [0.15, 0.2) is 29.4 Å². The van der Waals surface area contributed by atoms with Gasteiger partial charge in [-0.3, -0.25) is 4.79 Å². The number of aryl methyl sites for hydroxylation is 1. The molecule has 1 aromatic carbocycles. The average Bonchev–Trinajstić information content (AvgIpc) is 3.03. The second-order valence-corrected chi connectivity index (χ2v) is 8.15. The largest absolute Gasteiger partial charge is 0.336 e. The van der Waals surface area contributed by atoms with Crippen molar-refractivity contribution >= 4 is 23.4 Å². The lowest BCUT2D eigenvalue weighted by Crippen LogP contribution is -2.24. The predicted octanol–water partition coefficient (Wildman–Crippen LogP) is 3.72. The van der Waals surface area contributed by atoms with Gasteiger partial charge in [-0.25, -0.2) is 4.68 Å². The summed E-state index contributed by atoms with van der Waals surface area (Å²) in [5.41, 5.74) is 2.05. The van der Waals surface area contributed by atoms with E-state index in [0.29, 0.717) is 11.1 Å². The zero-order valence-corrected chi connectivity index (χ0v) is 16.3. The van der Waals surface area contributed by atoms with E-state index in [4.69, 9.17) is 5.84 Å². The highest BCUT2D eigenvalue weighted by molar-refractivity contribution is 8.00. The topological polar surface area (TPSA) is 85.8 Å². The maximum atomic E-state index is 12.5. The van der Waals surface area contributed by atoms with E-state index in [9.17, 15) is 4.79 Å². The van der Waals surface area contributed by atoms with Crippen molar-refractivity contribution in [1.82, 2.24) is 14.9 Å². The molecule has 0 saturated heterocycles. The summed E-state index contributed by atoms with van der Waals surface area (Å²) >= 11 is 1.34. The van der Waals surface area contributed by atoms with E-state index >= 15 is 0 Å². The molecule has 1 aliphatic rings. The number of nitrogens with two attached hydrogens (primary N) is 1. The monoisotopic (exact) mass is 373 g/mol. The molecule has 2 aromatic rings. The molecule has 1 aliphatic carbocycles. The van der Waals surface area contributed by atoms with Crippen LogP contribution in [0.5, 0.6) is 0 Å². The van der Waals surface area contributed by atoms with Crippen LogP contribution in [0, 0.1) is 0 Å². The van der Waals surface area contributed by atoms with Gasteiger partial charge in [-0.1, -0.05) is 50.1 Å². The molecule has 1 fully saturated rings. The molecule has 7 heteroatoms. The van der Waals surface area contributed by atoms with Crippen LogP contribution in [0.25, 0.3) is 0 Å². The third-order valence-corrected chi connectivity index (χ3v) is 6.00. The fourth-order valence-electron chi connectivity index (χ4n) is 3.29. The summed E-state index contributed by atoms with van der Waals surface area (Å²) < 4.78 is 1.57. The number of hydrogen-bond donors (Lipinski definition) is 2. The van der Waals surface area contributed by atoms with Crippen molar-refractivity contribution in [2.45, 2.75) is 68.7 Å². The van der Waals surface area contributed by atoms with Crippen molar-refractivity contribution in [3.63, 3.8) is 0 Å². The van der Waals surface area contributed by atoms with E-state index < -0.39 is 0 Å². The summed E-state index contributed by atoms with van der Waals surface area (Å²) in [5, 5.41) is 11.7. The molecule has 1 amide bonds. The number of nitrogen functional groups attached to an aromatic ring is 1. The Morgan fingerprint density at radius 3 is 2.62 bits per heavy atom. The molecular formula is C19H27N5OS. The van der Waals surface area contributed by atoms with Crippen LogP contribution in [-0.2, 0) is 11.2 Å². The Morgan fingerprint density at radius 2 is 1.96 bits per heavy atom. The lowest BCUT2D eigenvalue weighted by atomic mass is 9.89. The van der Waals surface area contributed by atoms with E-state index in [1.54, 1.807) is 4.68 Å². The van der Waals surface area contributed by atoms with E-state index in [0.717, 1.165) is 30.8 Å². The number of nitrogens with zero attached hydrogens (tertiary/aromatic N) is 3.